The maximum absolute atomic E-state index is 12.4. The third kappa shape index (κ3) is 5.66. The number of nitrogens with zero attached hydrogens (tertiary/aromatic N) is 2. The summed E-state index contributed by atoms with van der Waals surface area (Å²) in [7, 11) is 3.14. The van der Waals surface area contributed by atoms with Crippen LogP contribution in [-0.2, 0) is 16.0 Å². The molecule has 2 aromatic rings. The van der Waals surface area contributed by atoms with Crippen LogP contribution in [0, 0.1) is 5.41 Å². The third-order valence-corrected chi connectivity index (χ3v) is 6.67. The molecule has 9 heteroatoms. The second kappa shape index (κ2) is 10.3. The van der Waals surface area contributed by atoms with Gasteiger partial charge in [0.05, 0.1) is 30.2 Å². The lowest BCUT2D eigenvalue weighted by Crippen LogP contribution is -2.48. The zero-order valence-corrected chi connectivity index (χ0v) is 21.2. The van der Waals surface area contributed by atoms with Gasteiger partial charge in [-0.05, 0) is 64.5 Å². The fourth-order valence-corrected chi connectivity index (χ4v) is 4.67. The number of fused-ring (bicyclic) bond motifs is 1. The van der Waals surface area contributed by atoms with E-state index in [1.807, 2.05) is 26.8 Å². The Hall–Kier alpha value is -2.74. The Bertz CT molecular complexity index is 1060. The number of ether oxygens (including phenoxy) is 3. The Morgan fingerprint density at radius 2 is 1.76 bits per heavy atom. The summed E-state index contributed by atoms with van der Waals surface area (Å²) in [5.74, 6) is 0.336. The summed E-state index contributed by atoms with van der Waals surface area (Å²) in [6.07, 6.45) is 3.69. The van der Waals surface area contributed by atoms with E-state index in [-0.39, 0.29) is 0 Å². The Labute approximate surface area is 205 Å². The van der Waals surface area contributed by atoms with Crippen LogP contribution in [0.2, 0.25) is 5.02 Å². The molecule has 1 aliphatic heterocycles. The van der Waals surface area contributed by atoms with Crippen molar-refractivity contribution in [1.82, 2.24) is 9.88 Å². The number of amides is 1. The predicted molar refractivity (Wildman–Crippen MR) is 130 cm³/mol. The van der Waals surface area contributed by atoms with Gasteiger partial charge in [0.1, 0.15) is 5.60 Å². The minimum atomic E-state index is -0.880. The first-order chi connectivity index (χ1) is 16.0. The number of carboxylic acid groups (broad SMARTS) is 1. The number of carbonyl (C=O) groups excluding carboxylic acids is 1. The first kappa shape index (κ1) is 25.9. The molecule has 0 radical (unpaired) electrons. The van der Waals surface area contributed by atoms with E-state index >= 15 is 0 Å². The van der Waals surface area contributed by atoms with Gasteiger partial charge in [0.15, 0.2) is 11.5 Å². The van der Waals surface area contributed by atoms with Crippen LogP contribution in [0.3, 0.4) is 0 Å². The van der Waals surface area contributed by atoms with E-state index in [1.165, 1.54) is 0 Å². The molecular formula is C25H33ClN2O6. The first-order valence-electron chi connectivity index (χ1n) is 11.4. The molecule has 1 aliphatic rings. The molecule has 0 unspecified atom stereocenters. The molecule has 0 spiro atoms. The van der Waals surface area contributed by atoms with Gasteiger partial charge in [0.2, 0.25) is 0 Å². The molecule has 34 heavy (non-hydrogen) atoms. The Balaban J connectivity index is 1.72. The van der Waals surface area contributed by atoms with Gasteiger partial charge in [-0.15, -0.1) is 0 Å². The van der Waals surface area contributed by atoms with E-state index < -0.39 is 23.1 Å². The van der Waals surface area contributed by atoms with Crippen LogP contribution in [0.4, 0.5) is 4.79 Å². The second-order valence-corrected chi connectivity index (χ2v) is 10.1. The van der Waals surface area contributed by atoms with Crippen molar-refractivity contribution in [2.24, 2.45) is 5.41 Å². The SMILES string of the molecule is COc1cc2ncc(Cl)c(CCCC3(C(=O)O)CCN(C(=O)OC(C)(C)C)CC3)c2cc1OC. The molecule has 2 heterocycles. The number of carbonyl (C=O) groups is 2. The van der Waals surface area contributed by atoms with Crippen molar-refractivity contribution < 1.29 is 28.9 Å². The zero-order valence-electron chi connectivity index (χ0n) is 20.4. The minimum absolute atomic E-state index is 0.358. The highest BCUT2D eigenvalue weighted by atomic mass is 35.5. The van der Waals surface area contributed by atoms with E-state index in [9.17, 15) is 14.7 Å². The van der Waals surface area contributed by atoms with Crippen molar-refractivity contribution in [2.75, 3.05) is 27.3 Å². The number of aromatic nitrogens is 1. The van der Waals surface area contributed by atoms with E-state index in [0.29, 0.717) is 61.7 Å². The summed E-state index contributed by atoms with van der Waals surface area (Å²) in [6.45, 7) is 6.16. The third-order valence-electron chi connectivity index (χ3n) is 6.34. The number of aliphatic carboxylic acids is 1. The number of carboxylic acids is 1. The molecule has 0 saturated carbocycles. The van der Waals surface area contributed by atoms with Crippen LogP contribution in [0.1, 0.15) is 52.0 Å². The van der Waals surface area contributed by atoms with Crippen LogP contribution in [0.15, 0.2) is 18.3 Å². The van der Waals surface area contributed by atoms with E-state index in [2.05, 4.69) is 4.98 Å². The van der Waals surface area contributed by atoms with Gasteiger partial charge < -0.3 is 24.2 Å². The first-order valence-corrected chi connectivity index (χ1v) is 11.8. The lowest BCUT2D eigenvalue weighted by Gasteiger charge is -2.39. The molecule has 0 bridgehead atoms. The Morgan fingerprint density at radius 1 is 1.15 bits per heavy atom. The molecule has 1 saturated heterocycles. The lowest BCUT2D eigenvalue weighted by atomic mass is 9.74. The molecule has 186 valence electrons. The van der Waals surface area contributed by atoms with Gasteiger partial charge in [0.25, 0.3) is 0 Å². The lowest BCUT2D eigenvalue weighted by molar-refractivity contribution is -0.152. The molecule has 1 amide bonds. The molecule has 0 atom stereocenters. The molecule has 1 aromatic heterocycles. The summed E-state index contributed by atoms with van der Waals surface area (Å²) in [5.41, 5.74) is 0.168. The summed E-state index contributed by atoms with van der Waals surface area (Å²) >= 11 is 6.49. The van der Waals surface area contributed by atoms with Crippen molar-refractivity contribution in [3.8, 4) is 11.5 Å². The number of methoxy groups -OCH3 is 2. The average Bonchev–Trinajstić information content (AvgIpc) is 2.78. The number of benzene rings is 1. The number of rotatable bonds is 7. The zero-order chi connectivity index (χ0) is 25.1. The van der Waals surface area contributed by atoms with Crippen LogP contribution in [0.25, 0.3) is 10.9 Å². The van der Waals surface area contributed by atoms with Gasteiger partial charge in [0, 0.05) is 30.7 Å². The number of hydrogen-bond acceptors (Lipinski definition) is 6. The second-order valence-electron chi connectivity index (χ2n) is 9.72. The van der Waals surface area contributed by atoms with Gasteiger partial charge >= 0.3 is 12.1 Å². The van der Waals surface area contributed by atoms with Gasteiger partial charge in [-0.25, -0.2) is 4.79 Å². The molecule has 8 nitrogen and oxygen atoms in total. The number of pyridine rings is 1. The van der Waals surface area contributed by atoms with Crippen LogP contribution >= 0.6 is 11.6 Å². The Morgan fingerprint density at radius 3 is 2.32 bits per heavy atom. The largest absolute Gasteiger partial charge is 0.493 e. The number of halogens is 1. The number of likely N-dealkylation sites (tertiary alicyclic amines) is 1. The summed E-state index contributed by atoms with van der Waals surface area (Å²) in [5, 5.41) is 11.4. The minimum Gasteiger partial charge on any atom is -0.493 e. The van der Waals surface area contributed by atoms with Crippen molar-refractivity contribution in [2.45, 2.75) is 58.5 Å². The molecule has 1 aromatic carbocycles. The quantitative estimate of drug-likeness (QED) is 0.557. The molecule has 1 N–H and O–H groups in total. The van der Waals surface area contributed by atoms with Crippen molar-refractivity contribution >= 4 is 34.6 Å². The molecular weight excluding hydrogens is 460 g/mol. The van der Waals surface area contributed by atoms with Gasteiger partial charge in [-0.3, -0.25) is 9.78 Å². The molecule has 3 rings (SSSR count). The number of piperidine rings is 1. The highest BCUT2D eigenvalue weighted by molar-refractivity contribution is 6.32. The highest BCUT2D eigenvalue weighted by Gasteiger charge is 2.42. The van der Waals surface area contributed by atoms with Crippen LogP contribution in [0.5, 0.6) is 11.5 Å². The van der Waals surface area contributed by atoms with Gasteiger partial charge in [-0.1, -0.05) is 11.6 Å². The number of hydrogen-bond donors (Lipinski definition) is 1. The van der Waals surface area contributed by atoms with E-state index in [0.717, 1.165) is 16.5 Å². The summed E-state index contributed by atoms with van der Waals surface area (Å²) < 4.78 is 16.2. The van der Waals surface area contributed by atoms with Crippen molar-refractivity contribution in [3.05, 3.63) is 28.9 Å². The van der Waals surface area contributed by atoms with Gasteiger partial charge in [-0.2, -0.15) is 0 Å². The highest BCUT2D eigenvalue weighted by Crippen LogP contribution is 2.39. The fraction of sp³-hybridized carbons (Fsp3) is 0.560. The topological polar surface area (TPSA) is 98.2 Å². The summed E-state index contributed by atoms with van der Waals surface area (Å²) in [6, 6.07) is 3.66. The molecule has 0 aliphatic carbocycles. The molecule has 1 fully saturated rings. The average molecular weight is 493 g/mol. The maximum atomic E-state index is 12.4. The van der Waals surface area contributed by atoms with Crippen LogP contribution < -0.4 is 9.47 Å². The smallest absolute Gasteiger partial charge is 0.410 e. The van der Waals surface area contributed by atoms with Crippen molar-refractivity contribution in [1.29, 1.82) is 0 Å². The normalized spacial score (nSPS) is 15.8. The van der Waals surface area contributed by atoms with E-state index in [4.69, 9.17) is 25.8 Å². The van der Waals surface area contributed by atoms with Crippen LogP contribution in [-0.4, -0.2) is 60.0 Å². The fourth-order valence-electron chi connectivity index (χ4n) is 4.42. The Kier molecular flexibility index (Phi) is 7.81. The van der Waals surface area contributed by atoms with E-state index in [1.54, 1.807) is 31.4 Å². The summed E-state index contributed by atoms with van der Waals surface area (Å²) in [4.78, 5) is 30.6. The monoisotopic (exact) mass is 492 g/mol. The number of aryl methyl sites for hydroxylation is 1. The predicted octanol–water partition coefficient (Wildman–Crippen LogP) is 5.33. The van der Waals surface area contributed by atoms with Crippen molar-refractivity contribution in [3.63, 3.8) is 0 Å². The standard InChI is InChI=1S/C25H33ClN2O6/c1-24(2,3)34-23(31)28-11-9-25(10-12-28,22(29)30)8-6-7-16-17-13-20(32-4)21(33-5)14-19(17)27-15-18(16)26/h13-15H,6-12H2,1-5H3,(H,29,30). The maximum Gasteiger partial charge on any atom is 0.410 e.